The maximum atomic E-state index is 13.4. The zero-order chi connectivity index (χ0) is 24.0. The molecule has 1 spiro atoms. The van der Waals surface area contributed by atoms with Gasteiger partial charge in [-0.1, -0.05) is 42.5 Å². The van der Waals surface area contributed by atoms with Crippen LogP contribution in [0, 0.1) is 16.6 Å². The van der Waals surface area contributed by atoms with E-state index in [-0.39, 0.29) is 17.2 Å². The summed E-state index contributed by atoms with van der Waals surface area (Å²) in [5, 5.41) is 0. The molecule has 1 heterocycles. The number of nitrogens with zero attached hydrogens (tertiary/aromatic N) is 1. The summed E-state index contributed by atoms with van der Waals surface area (Å²) < 4.78 is 24.2. The van der Waals surface area contributed by atoms with E-state index in [1.165, 1.54) is 35.9 Å². The molecule has 0 bridgehead atoms. The Bertz CT molecular complexity index is 1260. The fraction of sp³-hybridized carbons (Fsp3) is 0.367. The molecule has 0 unspecified atom stereocenters. The van der Waals surface area contributed by atoms with Crippen molar-refractivity contribution in [2.75, 3.05) is 26.7 Å². The van der Waals surface area contributed by atoms with Crippen molar-refractivity contribution in [2.45, 2.75) is 32.3 Å². The Morgan fingerprint density at radius 2 is 1.69 bits per heavy atom. The average Bonchev–Trinajstić information content (AvgIpc) is 3.53. The highest BCUT2D eigenvalue weighted by Gasteiger charge is 2.56. The summed E-state index contributed by atoms with van der Waals surface area (Å²) in [5.74, 6) is 0.485. The monoisotopic (exact) mass is 471 g/mol. The van der Waals surface area contributed by atoms with Gasteiger partial charge in [-0.05, 0) is 77.8 Å². The van der Waals surface area contributed by atoms with Gasteiger partial charge in [0.1, 0.15) is 18.2 Å². The third kappa shape index (κ3) is 4.34. The number of esters is 1. The highest BCUT2D eigenvalue weighted by atomic mass is 19.1. The number of halogens is 1. The van der Waals surface area contributed by atoms with Gasteiger partial charge in [-0.15, -0.1) is 0 Å². The predicted molar refractivity (Wildman–Crippen MR) is 133 cm³/mol. The highest BCUT2D eigenvalue weighted by molar-refractivity contribution is 5.80. The largest absolute Gasteiger partial charge is 0.489 e. The molecule has 0 aromatic heterocycles. The van der Waals surface area contributed by atoms with Crippen molar-refractivity contribution in [2.24, 2.45) is 10.8 Å². The lowest BCUT2D eigenvalue weighted by atomic mass is 9.76. The van der Waals surface area contributed by atoms with Gasteiger partial charge in [0.25, 0.3) is 0 Å². The van der Waals surface area contributed by atoms with E-state index in [2.05, 4.69) is 35.2 Å². The molecule has 5 heteroatoms. The second-order valence-electron chi connectivity index (χ2n) is 10.7. The van der Waals surface area contributed by atoms with Crippen molar-refractivity contribution in [1.29, 1.82) is 0 Å². The topological polar surface area (TPSA) is 38.8 Å². The molecule has 3 aromatic carbocycles. The molecule has 0 amide bonds. The first-order valence-electron chi connectivity index (χ1n) is 12.4. The van der Waals surface area contributed by atoms with Gasteiger partial charge in [0.2, 0.25) is 0 Å². The van der Waals surface area contributed by atoms with Crippen LogP contribution in [-0.4, -0.2) is 37.6 Å². The molecule has 0 N–H and O–H groups in total. The Kier molecular flexibility index (Phi) is 5.41. The molecular formula is C30H30FNO3. The van der Waals surface area contributed by atoms with E-state index < -0.39 is 0 Å². The quantitative estimate of drug-likeness (QED) is 0.431. The summed E-state index contributed by atoms with van der Waals surface area (Å²) in [7, 11) is 1.50. The van der Waals surface area contributed by atoms with Crippen molar-refractivity contribution in [1.82, 2.24) is 4.90 Å². The maximum absolute atomic E-state index is 13.4. The summed E-state index contributed by atoms with van der Waals surface area (Å²) in [6.07, 6.45) is 4.15. The molecule has 1 saturated carbocycles. The van der Waals surface area contributed by atoms with Crippen LogP contribution in [0.2, 0.25) is 0 Å². The third-order valence-electron chi connectivity index (χ3n) is 7.94. The second-order valence-corrected chi connectivity index (χ2v) is 10.7. The molecule has 2 aliphatic carbocycles. The highest BCUT2D eigenvalue weighted by Crippen LogP contribution is 2.51. The number of ether oxygens (including phenoxy) is 2. The summed E-state index contributed by atoms with van der Waals surface area (Å²) in [4.78, 5) is 14.5. The van der Waals surface area contributed by atoms with E-state index >= 15 is 0 Å². The third-order valence-corrected chi connectivity index (χ3v) is 7.94. The molecule has 4 nitrogen and oxygen atoms in total. The fourth-order valence-electron chi connectivity index (χ4n) is 6.01. The van der Waals surface area contributed by atoms with Crippen LogP contribution in [0.15, 0.2) is 66.7 Å². The van der Waals surface area contributed by atoms with Gasteiger partial charge in [0.05, 0.1) is 12.5 Å². The molecule has 2 fully saturated rings. The van der Waals surface area contributed by atoms with E-state index in [9.17, 15) is 9.18 Å². The van der Waals surface area contributed by atoms with E-state index in [0.29, 0.717) is 12.0 Å². The van der Waals surface area contributed by atoms with Crippen molar-refractivity contribution in [3.8, 4) is 16.9 Å². The lowest BCUT2D eigenvalue weighted by Crippen LogP contribution is -2.58. The molecular weight excluding hydrogens is 441 g/mol. The van der Waals surface area contributed by atoms with Gasteiger partial charge >= 0.3 is 5.97 Å². The van der Waals surface area contributed by atoms with Crippen LogP contribution in [-0.2, 0) is 29.0 Å². The Morgan fingerprint density at radius 3 is 2.40 bits per heavy atom. The Hall–Kier alpha value is -3.18. The van der Waals surface area contributed by atoms with Crippen LogP contribution in [0.3, 0.4) is 0 Å². The first-order chi connectivity index (χ1) is 17.0. The molecule has 35 heavy (non-hydrogen) atoms. The standard InChI is InChI=1S/C30H30FNO3/c1-34-28(33)30(11-12-30)20-32-18-29(19-32)15-24-6-5-23(14-25(24)16-29)22-7-9-27(10-8-22)35-17-21-3-2-4-26(31)13-21/h2-10,13-14H,11-12,15-20H2,1H3. The van der Waals surface area contributed by atoms with Crippen LogP contribution in [0.25, 0.3) is 11.1 Å². The fourth-order valence-corrected chi connectivity index (χ4v) is 6.01. The van der Waals surface area contributed by atoms with Crippen molar-refractivity contribution in [3.05, 3.63) is 89.2 Å². The number of hydrogen-bond donors (Lipinski definition) is 0. The summed E-state index contributed by atoms with van der Waals surface area (Å²) >= 11 is 0. The number of carbonyl (C=O) groups is 1. The number of methoxy groups -OCH3 is 1. The average molecular weight is 472 g/mol. The molecule has 1 saturated heterocycles. The van der Waals surface area contributed by atoms with Crippen molar-refractivity contribution in [3.63, 3.8) is 0 Å². The van der Waals surface area contributed by atoms with Crippen molar-refractivity contribution >= 4 is 5.97 Å². The molecule has 3 aromatic rings. The summed E-state index contributed by atoms with van der Waals surface area (Å²) in [6, 6.07) is 21.4. The van der Waals surface area contributed by atoms with E-state index in [1.807, 2.05) is 18.2 Å². The van der Waals surface area contributed by atoms with Gasteiger partial charge in [-0.3, -0.25) is 4.79 Å². The smallest absolute Gasteiger partial charge is 0.313 e. The molecule has 6 rings (SSSR count). The van der Waals surface area contributed by atoms with Gasteiger partial charge in [-0.2, -0.15) is 0 Å². The van der Waals surface area contributed by atoms with Crippen LogP contribution in [0.1, 0.15) is 29.5 Å². The first kappa shape index (κ1) is 22.3. The van der Waals surface area contributed by atoms with Crippen LogP contribution in [0.5, 0.6) is 5.75 Å². The summed E-state index contributed by atoms with van der Waals surface area (Å²) in [5.41, 5.74) is 6.19. The molecule has 0 radical (unpaired) electrons. The van der Waals surface area contributed by atoms with Crippen LogP contribution in [0.4, 0.5) is 4.39 Å². The second kappa shape index (κ2) is 8.49. The normalized spacial score (nSPS) is 19.1. The Balaban J connectivity index is 1.07. The Labute approximate surface area is 205 Å². The van der Waals surface area contributed by atoms with Gasteiger partial charge in [0, 0.05) is 25.0 Å². The minimum absolute atomic E-state index is 0.0387. The first-order valence-corrected chi connectivity index (χ1v) is 12.4. The molecule has 3 aliphatic rings. The minimum atomic E-state index is -0.248. The van der Waals surface area contributed by atoms with E-state index in [4.69, 9.17) is 9.47 Å². The molecule has 0 atom stereocenters. The number of rotatable bonds is 7. The Morgan fingerprint density at radius 1 is 0.943 bits per heavy atom. The van der Waals surface area contributed by atoms with E-state index in [1.54, 1.807) is 6.07 Å². The number of benzene rings is 3. The van der Waals surface area contributed by atoms with Gasteiger partial charge < -0.3 is 14.4 Å². The SMILES string of the molecule is COC(=O)C1(CN2CC3(Cc4ccc(-c5ccc(OCc6cccc(F)c6)cc5)cc4C3)C2)CC1. The van der Waals surface area contributed by atoms with Gasteiger partial charge in [-0.25, -0.2) is 4.39 Å². The minimum Gasteiger partial charge on any atom is -0.489 e. The lowest BCUT2D eigenvalue weighted by molar-refractivity contribution is -0.149. The lowest BCUT2D eigenvalue weighted by Gasteiger charge is -2.49. The van der Waals surface area contributed by atoms with Crippen molar-refractivity contribution < 1.29 is 18.7 Å². The van der Waals surface area contributed by atoms with Crippen LogP contribution < -0.4 is 4.74 Å². The number of carbonyl (C=O) groups excluding carboxylic acids is 1. The molecule has 1 aliphatic heterocycles. The number of hydrogen-bond acceptors (Lipinski definition) is 4. The van der Waals surface area contributed by atoms with E-state index in [0.717, 1.165) is 62.2 Å². The zero-order valence-corrected chi connectivity index (χ0v) is 20.1. The number of likely N-dealkylation sites (tertiary alicyclic amines) is 1. The van der Waals surface area contributed by atoms with Gasteiger partial charge in [0.15, 0.2) is 0 Å². The predicted octanol–water partition coefficient (Wildman–Crippen LogP) is 5.43. The van der Waals surface area contributed by atoms with Crippen LogP contribution >= 0.6 is 0 Å². The maximum Gasteiger partial charge on any atom is 0.313 e. The summed E-state index contributed by atoms with van der Waals surface area (Å²) in [6.45, 7) is 3.31. The number of fused-ring (bicyclic) bond motifs is 1. The molecule has 180 valence electrons. The zero-order valence-electron chi connectivity index (χ0n) is 20.1.